The molecule has 2 aromatic heterocycles. The molecule has 1 fully saturated rings. The lowest BCUT2D eigenvalue weighted by Gasteiger charge is -2.30. The Morgan fingerprint density at radius 2 is 2.31 bits per heavy atom. The first-order valence-corrected chi connectivity index (χ1v) is 5.21. The summed E-state index contributed by atoms with van der Waals surface area (Å²) in [5, 5.41) is 1.15. The number of nitrogens with zero attached hydrogens (tertiary/aromatic N) is 3. The van der Waals surface area contributed by atoms with E-state index in [1.165, 1.54) is 11.1 Å². The van der Waals surface area contributed by atoms with E-state index in [4.69, 9.17) is 0 Å². The Kier molecular flexibility index (Phi) is 1.49. The molecule has 13 heavy (non-hydrogen) atoms. The van der Waals surface area contributed by atoms with Crippen molar-refractivity contribution >= 4 is 26.7 Å². The summed E-state index contributed by atoms with van der Waals surface area (Å²) in [5.41, 5.74) is 1.02. The first kappa shape index (κ1) is 7.26. The van der Waals surface area contributed by atoms with Crippen LogP contribution in [0, 0.1) is 0 Å². The number of rotatable bonds is 1. The Morgan fingerprint density at radius 1 is 1.38 bits per heavy atom. The van der Waals surface area contributed by atoms with Crippen LogP contribution in [0.2, 0.25) is 0 Å². The van der Waals surface area contributed by atoms with Gasteiger partial charge in [-0.05, 0) is 12.5 Å². The zero-order valence-corrected chi connectivity index (χ0v) is 7.92. The summed E-state index contributed by atoms with van der Waals surface area (Å²) in [6, 6.07) is 2.02. The van der Waals surface area contributed by atoms with E-state index in [9.17, 15) is 0 Å². The van der Waals surface area contributed by atoms with Gasteiger partial charge in [-0.2, -0.15) is 0 Å². The molecule has 3 heterocycles. The van der Waals surface area contributed by atoms with Gasteiger partial charge in [-0.25, -0.2) is 4.98 Å². The van der Waals surface area contributed by atoms with Crippen molar-refractivity contribution in [2.24, 2.45) is 0 Å². The molecule has 1 aliphatic rings. The van der Waals surface area contributed by atoms with Gasteiger partial charge in [-0.3, -0.25) is 4.98 Å². The molecule has 0 aromatic carbocycles. The number of aromatic nitrogens is 2. The molecule has 3 nitrogen and oxygen atoms in total. The summed E-state index contributed by atoms with van der Waals surface area (Å²) in [7, 11) is 0. The van der Waals surface area contributed by atoms with Crippen molar-refractivity contribution in [1.82, 2.24) is 9.97 Å². The van der Waals surface area contributed by atoms with Crippen LogP contribution in [0.15, 0.2) is 18.5 Å². The van der Waals surface area contributed by atoms with Gasteiger partial charge in [0.1, 0.15) is 5.52 Å². The lowest BCUT2D eigenvalue weighted by molar-refractivity contribution is 0.616. The molecule has 0 spiro atoms. The van der Waals surface area contributed by atoms with E-state index in [0.29, 0.717) is 0 Å². The molecule has 4 heteroatoms. The van der Waals surface area contributed by atoms with Crippen molar-refractivity contribution in [3.05, 3.63) is 18.5 Å². The quantitative estimate of drug-likeness (QED) is 0.689. The van der Waals surface area contributed by atoms with Gasteiger partial charge in [0.15, 0.2) is 5.13 Å². The Hall–Kier alpha value is -1.16. The maximum atomic E-state index is 4.52. The molecule has 0 saturated carbocycles. The van der Waals surface area contributed by atoms with Crippen LogP contribution in [0.5, 0.6) is 0 Å². The summed E-state index contributed by atoms with van der Waals surface area (Å²) >= 11 is 1.76. The van der Waals surface area contributed by atoms with Crippen LogP contribution in [0.1, 0.15) is 6.42 Å². The Bertz CT molecular complexity index is 400. The normalized spacial score (nSPS) is 16.2. The summed E-state index contributed by atoms with van der Waals surface area (Å²) in [4.78, 5) is 10.9. The smallest absolute Gasteiger partial charge is 0.186 e. The van der Waals surface area contributed by atoms with E-state index in [0.717, 1.165) is 23.7 Å². The van der Waals surface area contributed by atoms with Gasteiger partial charge in [0, 0.05) is 19.3 Å². The van der Waals surface area contributed by atoms with E-state index in [1.54, 1.807) is 11.3 Å². The monoisotopic (exact) mass is 191 g/mol. The number of hydrogen-bond donors (Lipinski definition) is 0. The number of pyridine rings is 1. The van der Waals surface area contributed by atoms with Gasteiger partial charge in [-0.1, -0.05) is 11.3 Å². The van der Waals surface area contributed by atoms with Crippen LogP contribution in [-0.2, 0) is 0 Å². The molecule has 0 N–H and O–H groups in total. The second-order valence-corrected chi connectivity index (χ2v) is 4.19. The number of hydrogen-bond acceptors (Lipinski definition) is 4. The van der Waals surface area contributed by atoms with Crippen molar-refractivity contribution < 1.29 is 0 Å². The molecule has 1 saturated heterocycles. The molecular weight excluding hydrogens is 182 g/mol. The van der Waals surface area contributed by atoms with Crippen LogP contribution in [0.25, 0.3) is 10.2 Å². The predicted octanol–water partition coefficient (Wildman–Crippen LogP) is 1.90. The SMILES string of the molecule is c1cc2sc(N3CCC3)nc2cn1. The Balaban J connectivity index is 2.10. The fourth-order valence-corrected chi connectivity index (χ4v) is 2.39. The third-order valence-corrected chi connectivity index (χ3v) is 3.40. The highest BCUT2D eigenvalue weighted by molar-refractivity contribution is 7.22. The van der Waals surface area contributed by atoms with Gasteiger partial charge < -0.3 is 4.90 Å². The molecule has 3 rings (SSSR count). The molecule has 66 valence electrons. The Morgan fingerprint density at radius 3 is 3.00 bits per heavy atom. The van der Waals surface area contributed by atoms with Crippen LogP contribution < -0.4 is 4.90 Å². The molecule has 1 aliphatic heterocycles. The van der Waals surface area contributed by atoms with E-state index in [-0.39, 0.29) is 0 Å². The fraction of sp³-hybridized carbons (Fsp3) is 0.333. The molecule has 0 unspecified atom stereocenters. The van der Waals surface area contributed by atoms with Crippen LogP contribution >= 0.6 is 11.3 Å². The number of thiazole rings is 1. The second-order valence-electron chi connectivity index (χ2n) is 3.18. The highest BCUT2D eigenvalue weighted by Gasteiger charge is 2.17. The number of fused-ring (bicyclic) bond motifs is 1. The zero-order chi connectivity index (χ0) is 8.67. The molecule has 2 aromatic rings. The molecule has 0 aliphatic carbocycles. The van der Waals surface area contributed by atoms with Gasteiger partial charge in [-0.15, -0.1) is 0 Å². The molecular formula is C9H9N3S. The first-order chi connectivity index (χ1) is 6.43. The van der Waals surface area contributed by atoms with E-state index in [2.05, 4.69) is 14.9 Å². The summed E-state index contributed by atoms with van der Waals surface area (Å²) < 4.78 is 1.23. The van der Waals surface area contributed by atoms with Crippen LogP contribution in [0.4, 0.5) is 5.13 Å². The third-order valence-electron chi connectivity index (χ3n) is 2.31. The average molecular weight is 191 g/mol. The van der Waals surface area contributed by atoms with Crippen molar-refractivity contribution in [2.75, 3.05) is 18.0 Å². The predicted molar refractivity (Wildman–Crippen MR) is 54.2 cm³/mol. The van der Waals surface area contributed by atoms with Crippen LogP contribution in [0.3, 0.4) is 0 Å². The van der Waals surface area contributed by atoms with E-state index >= 15 is 0 Å². The standard InChI is InChI=1S/C9H9N3S/c1-4-12(5-1)9-11-7-6-10-3-2-8(7)13-9/h2-3,6H,1,4-5H2. The summed E-state index contributed by atoms with van der Waals surface area (Å²) in [6.45, 7) is 2.32. The topological polar surface area (TPSA) is 29.0 Å². The molecule has 0 atom stereocenters. The molecule has 0 bridgehead atoms. The maximum Gasteiger partial charge on any atom is 0.186 e. The minimum absolute atomic E-state index is 1.02. The first-order valence-electron chi connectivity index (χ1n) is 4.39. The molecule has 0 radical (unpaired) electrons. The highest BCUT2D eigenvalue weighted by atomic mass is 32.1. The van der Waals surface area contributed by atoms with Crippen molar-refractivity contribution in [2.45, 2.75) is 6.42 Å². The minimum atomic E-state index is 1.02. The lowest BCUT2D eigenvalue weighted by Crippen LogP contribution is -2.36. The summed E-state index contributed by atoms with van der Waals surface area (Å²) in [6.07, 6.45) is 4.95. The van der Waals surface area contributed by atoms with Crippen LogP contribution in [-0.4, -0.2) is 23.1 Å². The molecule has 0 amide bonds. The third kappa shape index (κ3) is 1.09. The fourth-order valence-electron chi connectivity index (χ4n) is 1.41. The van der Waals surface area contributed by atoms with Crippen molar-refractivity contribution in [3.63, 3.8) is 0 Å². The van der Waals surface area contributed by atoms with Gasteiger partial charge in [0.25, 0.3) is 0 Å². The van der Waals surface area contributed by atoms with Gasteiger partial charge in [0.05, 0.1) is 10.9 Å². The zero-order valence-electron chi connectivity index (χ0n) is 7.10. The van der Waals surface area contributed by atoms with E-state index in [1.807, 2.05) is 18.5 Å². The van der Waals surface area contributed by atoms with Crippen molar-refractivity contribution in [1.29, 1.82) is 0 Å². The number of anilines is 1. The summed E-state index contributed by atoms with van der Waals surface area (Å²) in [5.74, 6) is 0. The Labute approximate surface area is 80.0 Å². The largest absolute Gasteiger partial charge is 0.348 e. The van der Waals surface area contributed by atoms with Gasteiger partial charge >= 0.3 is 0 Å². The van der Waals surface area contributed by atoms with E-state index < -0.39 is 0 Å². The van der Waals surface area contributed by atoms with Crippen molar-refractivity contribution in [3.8, 4) is 0 Å². The minimum Gasteiger partial charge on any atom is -0.348 e. The highest BCUT2D eigenvalue weighted by Crippen LogP contribution is 2.30. The maximum absolute atomic E-state index is 4.52. The second kappa shape index (κ2) is 2.67. The average Bonchev–Trinajstić information content (AvgIpc) is 2.43. The lowest BCUT2D eigenvalue weighted by atomic mass is 10.2. The van der Waals surface area contributed by atoms with Gasteiger partial charge in [0.2, 0.25) is 0 Å².